The van der Waals surface area contributed by atoms with Crippen LogP contribution in [0.5, 0.6) is 0 Å². The van der Waals surface area contributed by atoms with Gasteiger partial charge >= 0.3 is 11.9 Å². The first-order valence-corrected chi connectivity index (χ1v) is 7.86. The van der Waals surface area contributed by atoms with E-state index in [-0.39, 0.29) is 23.8 Å². The second kappa shape index (κ2) is 11.0. The van der Waals surface area contributed by atoms with Gasteiger partial charge in [0, 0.05) is 0 Å². The first-order valence-electron chi connectivity index (χ1n) is 7.86. The summed E-state index contributed by atoms with van der Waals surface area (Å²) in [5.41, 5.74) is 0. The van der Waals surface area contributed by atoms with E-state index in [4.69, 9.17) is 4.74 Å². The molecular weight excluding hydrogens is 240 g/mol. The van der Waals surface area contributed by atoms with Gasteiger partial charge in [-0.25, -0.2) is 0 Å². The summed E-state index contributed by atoms with van der Waals surface area (Å²) in [6.07, 6.45) is 7.03. The van der Waals surface area contributed by atoms with Crippen molar-refractivity contribution < 1.29 is 14.3 Å². The molecule has 0 aromatic heterocycles. The maximum absolute atomic E-state index is 12.0. The van der Waals surface area contributed by atoms with Gasteiger partial charge in [0.05, 0.1) is 11.8 Å². The molecule has 0 bridgehead atoms. The Morgan fingerprint density at radius 3 is 1.16 bits per heavy atom. The molecule has 0 rings (SSSR count). The van der Waals surface area contributed by atoms with Gasteiger partial charge < -0.3 is 4.74 Å². The first-order chi connectivity index (χ1) is 9.10. The van der Waals surface area contributed by atoms with Crippen LogP contribution in [0.4, 0.5) is 0 Å². The maximum Gasteiger partial charge on any atom is 0.316 e. The minimum absolute atomic E-state index is 0.108. The molecule has 0 aliphatic heterocycles. The van der Waals surface area contributed by atoms with Crippen LogP contribution in [0, 0.1) is 11.8 Å². The molecule has 0 aromatic carbocycles. The molecule has 0 aromatic rings. The summed E-state index contributed by atoms with van der Waals surface area (Å²) >= 11 is 0. The third kappa shape index (κ3) is 7.34. The average molecular weight is 270 g/mol. The zero-order valence-corrected chi connectivity index (χ0v) is 13.0. The Morgan fingerprint density at radius 2 is 0.947 bits per heavy atom. The maximum atomic E-state index is 12.0. The van der Waals surface area contributed by atoms with Gasteiger partial charge in [-0.1, -0.05) is 53.4 Å². The Balaban J connectivity index is 4.43. The summed E-state index contributed by atoms with van der Waals surface area (Å²) in [5.74, 6) is -0.845. The highest BCUT2D eigenvalue weighted by molar-refractivity contribution is 5.87. The SMILES string of the molecule is CCCC(CCC)C(=O)OC(=O)C(CCC)CCC. The predicted octanol–water partition coefficient (Wildman–Crippen LogP) is 4.49. The Bertz CT molecular complexity index is 223. The van der Waals surface area contributed by atoms with Crippen molar-refractivity contribution in [1.29, 1.82) is 0 Å². The molecule has 19 heavy (non-hydrogen) atoms. The molecule has 0 N–H and O–H groups in total. The second-order valence-corrected chi connectivity index (χ2v) is 5.29. The van der Waals surface area contributed by atoms with Gasteiger partial charge in [0.2, 0.25) is 0 Å². The molecule has 0 heterocycles. The summed E-state index contributed by atoms with van der Waals surface area (Å²) in [7, 11) is 0. The molecule has 0 unspecified atom stereocenters. The molecule has 0 spiro atoms. The van der Waals surface area contributed by atoms with Gasteiger partial charge in [-0.15, -0.1) is 0 Å². The van der Waals surface area contributed by atoms with Gasteiger partial charge in [-0.3, -0.25) is 9.59 Å². The van der Waals surface area contributed by atoms with E-state index in [9.17, 15) is 9.59 Å². The quantitative estimate of drug-likeness (QED) is 0.434. The van der Waals surface area contributed by atoms with Crippen molar-refractivity contribution in [2.75, 3.05) is 0 Å². The highest BCUT2D eigenvalue weighted by Gasteiger charge is 2.25. The van der Waals surface area contributed by atoms with Crippen LogP contribution in [0.2, 0.25) is 0 Å². The number of hydrogen-bond acceptors (Lipinski definition) is 3. The van der Waals surface area contributed by atoms with Gasteiger partial charge in [0.25, 0.3) is 0 Å². The van der Waals surface area contributed by atoms with Crippen molar-refractivity contribution in [3.05, 3.63) is 0 Å². The van der Waals surface area contributed by atoms with Crippen LogP contribution < -0.4 is 0 Å². The summed E-state index contributed by atoms with van der Waals surface area (Å²) in [6.45, 7) is 8.20. The lowest BCUT2D eigenvalue weighted by molar-refractivity contribution is -0.166. The third-order valence-electron chi connectivity index (χ3n) is 3.42. The monoisotopic (exact) mass is 270 g/mol. The van der Waals surface area contributed by atoms with E-state index in [0.717, 1.165) is 51.4 Å². The Labute approximate surface area is 118 Å². The second-order valence-electron chi connectivity index (χ2n) is 5.29. The molecule has 3 nitrogen and oxygen atoms in total. The van der Waals surface area contributed by atoms with Gasteiger partial charge in [0.15, 0.2) is 0 Å². The van der Waals surface area contributed by atoms with Gasteiger partial charge in [-0.05, 0) is 25.7 Å². The number of esters is 2. The lowest BCUT2D eigenvalue weighted by Crippen LogP contribution is -2.26. The number of carbonyl (C=O) groups excluding carboxylic acids is 2. The topological polar surface area (TPSA) is 43.4 Å². The Morgan fingerprint density at radius 1 is 0.684 bits per heavy atom. The molecular formula is C16H30O3. The predicted molar refractivity (Wildman–Crippen MR) is 77.7 cm³/mol. The van der Waals surface area contributed by atoms with E-state index in [1.165, 1.54) is 0 Å². The fraction of sp³-hybridized carbons (Fsp3) is 0.875. The van der Waals surface area contributed by atoms with E-state index in [1.54, 1.807) is 0 Å². The lowest BCUT2D eigenvalue weighted by Gasteiger charge is -2.17. The van der Waals surface area contributed by atoms with E-state index >= 15 is 0 Å². The smallest absolute Gasteiger partial charge is 0.316 e. The zero-order valence-electron chi connectivity index (χ0n) is 13.0. The van der Waals surface area contributed by atoms with E-state index in [1.807, 2.05) is 0 Å². The van der Waals surface area contributed by atoms with Crippen LogP contribution in [0.3, 0.4) is 0 Å². The molecule has 0 amide bonds. The van der Waals surface area contributed by atoms with E-state index in [2.05, 4.69) is 27.7 Å². The first kappa shape index (κ1) is 18.1. The van der Waals surface area contributed by atoms with Crippen LogP contribution in [0.25, 0.3) is 0 Å². The number of carbonyl (C=O) groups is 2. The fourth-order valence-electron chi connectivity index (χ4n) is 2.42. The van der Waals surface area contributed by atoms with Crippen LogP contribution in [-0.4, -0.2) is 11.9 Å². The molecule has 112 valence electrons. The summed E-state index contributed by atoms with van der Waals surface area (Å²) in [5, 5.41) is 0. The van der Waals surface area contributed by atoms with Gasteiger partial charge in [-0.2, -0.15) is 0 Å². The normalized spacial score (nSPS) is 11.1. The minimum Gasteiger partial charge on any atom is -0.393 e. The molecule has 3 heteroatoms. The molecule has 0 aliphatic carbocycles. The standard InChI is InChI=1S/C16H30O3/c1-5-9-13(10-6-2)15(17)19-16(18)14(11-7-3)12-8-4/h13-14H,5-12H2,1-4H3. The van der Waals surface area contributed by atoms with Crippen LogP contribution >= 0.6 is 0 Å². The molecule has 0 saturated heterocycles. The zero-order chi connectivity index (χ0) is 14.7. The molecule has 0 fully saturated rings. The summed E-state index contributed by atoms with van der Waals surface area (Å²) < 4.78 is 5.11. The van der Waals surface area contributed by atoms with Crippen LogP contribution in [0.15, 0.2) is 0 Å². The van der Waals surface area contributed by atoms with Crippen molar-refractivity contribution in [3.63, 3.8) is 0 Å². The van der Waals surface area contributed by atoms with Crippen LogP contribution in [0.1, 0.15) is 79.1 Å². The summed E-state index contributed by atoms with van der Waals surface area (Å²) in [6, 6.07) is 0. The highest BCUT2D eigenvalue weighted by atomic mass is 16.6. The molecule has 0 radical (unpaired) electrons. The van der Waals surface area contributed by atoms with Crippen molar-refractivity contribution in [3.8, 4) is 0 Å². The van der Waals surface area contributed by atoms with Crippen LogP contribution in [-0.2, 0) is 14.3 Å². The molecule has 0 atom stereocenters. The highest BCUT2D eigenvalue weighted by Crippen LogP contribution is 2.19. The van der Waals surface area contributed by atoms with Crippen molar-refractivity contribution in [2.24, 2.45) is 11.8 Å². The fourth-order valence-corrected chi connectivity index (χ4v) is 2.42. The van der Waals surface area contributed by atoms with Gasteiger partial charge in [0.1, 0.15) is 0 Å². The number of hydrogen-bond donors (Lipinski definition) is 0. The lowest BCUT2D eigenvalue weighted by atomic mass is 9.97. The van der Waals surface area contributed by atoms with Crippen molar-refractivity contribution >= 4 is 11.9 Å². The number of ether oxygens (including phenoxy) is 1. The molecule has 0 saturated carbocycles. The van der Waals surface area contributed by atoms with Crippen molar-refractivity contribution in [1.82, 2.24) is 0 Å². The Kier molecular flexibility index (Phi) is 10.5. The summed E-state index contributed by atoms with van der Waals surface area (Å²) in [4.78, 5) is 24.0. The van der Waals surface area contributed by atoms with E-state index < -0.39 is 0 Å². The minimum atomic E-state index is -0.314. The van der Waals surface area contributed by atoms with Crippen molar-refractivity contribution in [2.45, 2.75) is 79.1 Å². The average Bonchev–Trinajstić information content (AvgIpc) is 2.38. The third-order valence-corrected chi connectivity index (χ3v) is 3.42. The van der Waals surface area contributed by atoms with E-state index in [0.29, 0.717) is 0 Å². The Hall–Kier alpha value is -0.860. The molecule has 0 aliphatic rings. The largest absolute Gasteiger partial charge is 0.393 e. The number of rotatable bonds is 10.